The summed E-state index contributed by atoms with van der Waals surface area (Å²) in [7, 11) is -3.28. The molecule has 0 bridgehead atoms. The van der Waals surface area contributed by atoms with E-state index in [1.54, 1.807) is 0 Å². The maximum Gasteiger partial charge on any atom is 0.338 e. The molecule has 2 rings (SSSR count). The van der Waals surface area contributed by atoms with Gasteiger partial charge in [-0.3, -0.25) is 4.79 Å². The van der Waals surface area contributed by atoms with Crippen LogP contribution < -0.4 is 0 Å². The highest BCUT2D eigenvalue weighted by molar-refractivity contribution is 7.88. The molecule has 0 aliphatic carbocycles. The molecule has 1 fully saturated rings. The number of hydrogen-bond donors (Lipinski definition) is 1. The summed E-state index contributed by atoms with van der Waals surface area (Å²) in [6, 6.07) is 1.17. The van der Waals surface area contributed by atoms with Crippen molar-refractivity contribution in [3.8, 4) is 0 Å². The summed E-state index contributed by atoms with van der Waals surface area (Å²) in [5.41, 5.74) is -0.0917. The molecule has 1 aromatic heterocycles. The average molecular weight is 316 g/mol. The molecule has 1 amide bonds. The van der Waals surface area contributed by atoms with Gasteiger partial charge in [0, 0.05) is 32.2 Å². The number of hydrogen-bond acceptors (Lipinski definition) is 5. The number of carbonyl (C=O) groups is 2. The maximum atomic E-state index is 12.2. The molecule has 21 heavy (non-hydrogen) atoms. The molecule has 2 heterocycles. The van der Waals surface area contributed by atoms with Crippen molar-refractivity contribution in [1.82, 2.24) is 9.21 Å². The molecule has 0 spiro atoms. The minimum absolute atomic E-state index is 0.0554. The highest BCUT2D eigenvalue weighted by Gasteiger charge is 2.26. The van der Waals surface area contributed by atoms with Crippen molar-refractivity contribution < 1.29 is 27.5 Å². The fourth-order valence-electron chi connectivity index (χ4n) is 2.14. The molecule has 9 heteroatoms. The van der Waals surface area contributed by atoms with Gasteiger partial charge in [-0.2, -0.15) is 0 Å². The zero-order valence-corrected chi connectivity index (χ0v) is 12.3. The van der Waals surface area contributed by atoms with Crippen molar-refractivity contribution in [3.05, 3.63) is 23.7 Å². The highest BCUT2D eigenvalue weighted by Crippen LogP contribution is 2.14. The van der Waals surface area contributed by atoms with Gasteiger partial charge in [-0.25, -0.2) is 17.5 Å². The number of sulfonamides is 1. The van der Waals surface area contributed by atoms with E-state index in [0.717, 1.165) is 12.5 Å². The molecule has 1 aromatic rings. The van der Waals surface area contributed by atoms with Crippen molar-refractivity contribution in [2.45, 2.75) is 6.42 Å². The molecule has 116 valence electrons. The van der Waals surface area contributed by atoms with Crippen LogP contribution in [0.5, 0.6) is 0 Å². The fourth-order valence-corrected chi connectivity index (χ4v) is 3.02. The Morgan fingerprint density at radius 3 is 2.52 bits per heavy atom. The molecule has 0 saturated carbocycles. The quantitative estimate of drug-likeness (QED) is 0.846. The van der Waals surface area contributed by atoms with E-state index in [-0.39, 0.29) is 24.4 Å². The lowest BCUT2D eigenvalue weighted by Gasteiger charge is -2.19. The van der Waals surface area contributed by atoms with E-state index >= 15 is 0 Å². The second-order valence-corrected chi connectivity index (χ2v) is 6.80. The van der Waals surface area contributed by atoms with Gasteiger partial charge in [-0.05, 0) is 6.42 Å². The number of carbonyl (C=O) groups excluding carboxylic acids is 1. The smallest absolute Gasteiger partial charge is 0.338 e. The first-order valence-corrected chi connectivity index (χ1v) is 8.20. The van der Waals surface area contributed by atoms with Crippen LogP contribution in [0, 0.1) is 0 Å². The van der Waals surface area contributed by atoms with Gasteiger partial charge in [-0.1, -0.05) is 0 Å². The van der Waals surface area contributed by atoms with Crippen LogP contribution in [-0.2, 0) is 10.0 Å². The van der Waals surface area contributed by atoms with Crippen LogP contribution in [0.1, 0.15) is 27.3 Å². The normalized spacial score (nSPS) is 17.5. The first kappa shape index (κ1) is 15.5. The third-order valence-electron chi connectivity index (χ3n) is 3.27. The van der Waals surface area contributed by atoms with Gasteiger partial charge in [0.25, 0.3) is 5.91 Å². The minimum Gasteiger partial charge on any atom is -0.478 e. The fraction of sp³-hybridized carbons (Fsp3) is 0.500. The highest BCUT2D eigenvalue weighted by atomic mass is 32.2. The van der Waals surface area contributed by atoms with Crippen molar-refractivity contribution in [2.24, 2.45) is 0 Å². The second kappa shape index (κ2) is 5.86. The Balaban J connectivity index is 2.08. The molecule has 1 aliphatic rings. The van der Waals surface area contributed by atoms with Crippen LogP contribution in [0.15, 0.2) is 16.7 Å². The van der Waals surface area contributed by atoms with Crippen LogP contribution in [0.2, 0.25) is 0 Å². The van der Waals surface area contributed by atoms with Gasteiger partial charge in [0.2, 0.25) is 10.0 Å². The van der Waals surface area contributed by atoms with Crippen molar-refractivity contribution in [1.29, 1.82) is 0 Å². The largest absolute Gasteiger partial charge is 0.478 e. The van der Waals surface area contributed by atoms with E-state index < -0.39 is 21.9 Å². The number of furan rings is 1. The monoisotopic (exact) mass is 316 g/mol. The Kier molecular flexibility index (Phi) is 4.33. The Morgan fingerprint density at radius 2 is 1.95 bits per heavy atom. The van der Waals surface area contributed by atoms with Crippen molar-refractivity contribution in [3.63, 3.8) is 0 Å². The molecular formula is C12H16N2O6S. The number of carboxylic acid groups (broad SMARTS) is 1. The lowest BCUT2D eigenvalue weighted by atomic mass is 10.3. The van der Waals surface area contributed by atoms with Crippen LogP contribution in [0.3, 0.4) is 0 Å². The molecular weight excluding hydrogens is 300 g/mol. The standard InChI is InChI=1S/C12H16N2O6S/c1-21(18,19)14-4-2-3-13(5-6-14)11(15)10-7-9(8-20-10)12(16)17/h7-8H,2-6H2,1H3,(H,16,17). The van der Waals surface area contributed by atoms with E-state index in [2.05, 4.69) is 0 Å². The van der Waals surface area contributed by atoms with Crippen LogP contribution in [-0.4, -0.2) is 67.0 Å². The van der Waals surface area contributed by atoms with E-state index in [1.807, 2.05) is 0 Å². The van der Waals surface area contributed by atoms with Crippen LogP contribution >= 0.6 is 0 Å². The number of nitrogens with zero attached hydrogens (tertiary/aromatic N) is 2. The Labute approximate surface area is 122 Å². The van der Waals surface area contributed by atoms with Gasteiger partial charge in [-0.15, -0.1) is 0 Å². The van der Waals surface area contributed by atoms with Crippen molar-refractivity contribution >= 4 is 21.9 Å². The number of aromatic carboxylic acids is 1. The molecule has 0 atom stereocenters. The lowest BCUT2D eigenvalue weighted by Crippen LogP contribution is -2.36. The first-order chi connectivity index (χ1) is 9.79. The molecule has 1 saturated heterocycles. The summed E-state index contributed by atoms with van der Waals surface area (Å²) in [5.74, 6) is -1.66. The zero-order chi connectivity index (χ0) is 15.6. The second-order valence-electron chi connectivity index (χ2n) is 4.81. The summed E-state index contributed by atoms with van der Waals surface area (Å²) >= 11 is 0. The van der Waals surface area contributed by atoms with Crippen LogP contribution in [0.4, 0.5) is 0 Å². The molecule has 0 unspecified atom stereocenters. The van der Waals surface area contributed by atoms with E-state index in [9.17, 15) is 18.0 Å². The topological polar surface area (TPSA) is 108 Å². The molecule has 1 aliphatic heterocycles. The predicted octanol–water partition coefficient (Wildman–Crippen LogP) is 0.0853. The summed E-state index contributed by atoms with van der Waals surface area (Å²) in [5, 5.41) is 8.80. The molecule has 8 nitrogen and oxygen atoms in total. The molecule has 0 radical (unpaired) electrons. The zero-order valence-electron chi connectivity index (χ0n) is 11.5. The third kappa shape index (κ3) is 3.61. The molecule has 1 N–H and O–H groups in total. The van der Waals surface area contributed by atoms with E-state index in [0.29, 0.717) is 19.5 Å². The van der Waals surface area contributed by atoms with E-state index in [1.165, 1.54) is 15.3 Å². The Hall–Kier alpha value is -1.87. The number of rotatable bonds is 3. The number of amides is 1. The van der Waals surface area contributed by atoms with Gasteiger partial charge in [0.05, 0.1) is 11.8 Å². The minimum atomic E-state index is -3.28. The summed E-state index contributed by atoms with van der Waals surface area (Å²) < 4.78 is 29.3. The summed E-state index contributed by atoms with van der Waals surface area (Å²) in [4.78, 5) is 24.4. The van der Waals surface area contributed by atoms with Gasteiger partial charge < -0.3 is 14.4 Å². The maximum absolute atomic E-state index is 12.2. The van der Waals surface area contributed by atoms with Crippen LogP contribution in [0.25, 0.3) is 0 Å². The summed E-state index contributed by atoms with van der Waals surface area (Å²) in [6.45, 7) is 1.22. The third-order valence-corrected chi connectivity index (χ3v) is 4.57. The SMILES string of the molecule is CS(=O)(=O)N1CCCN(C(=O)c2cc(C(=O)O)co2)CC1. The average Bonchev–Trinajstić information content (AvgIpc) is 2.74. The van der Waals surface area contributed by atoms with E-state index in [4.69, 9.17) is 9.52 Å². The van der Waals surface area contributed by atoms with Gasteiger partial charge in [0.1, 0.15) is 6.26 Å². The molecule has 0 aromatic carbocycles. The van der Waals surface area contributed by atoms with Gasteiger partial charge >= 0.3 is 5.97 Å². The lowest BCUT2D eigenvalue weighted by molar-refractivity contribution is 0.0694. The number of carboxylic acids is 1. The van der Waals surface area contributed by atoms with Crippen molar-refractivity contribution in [2.75, 3.05) is 32.4 Å². The van der Waals surface area contributed by atoms with Gasteiger partial charge in [0.15, 0.2) is 5.76 Å². The summed E-state index contributed by atoms with van der Waals surface area (Å²) in [6.07, 6.45) is 2.66. The Morgan fingerprint density at radius 1 is 1.24 bits per heavy atom. The predicted molar refractivity (Wildman–Crippen MR) is 72.6 cm³/mol. The Bertz CT molecular complexity index is 650. The first-order valence-electron chi connectivity index (χ1n) is 6.35.